The SMILES string of the molecule is C[C@]1(C2CC2)NC(=O)N(C[C@H](O)COCc2ccccc2F)C1=O. The number of nitrogens with zero attached hydrogens (tertiary/aromatic N) is 1. The van der Waals surface area contributed by atoms with Gasteiger partial charge < -0.3 is 15.2 Å². The zero-order valence-electron chi connectivity index (χ0n) is 13.5. The molecule has 0 aromatic heterocycles. The van der Waals surface area contributed by atoms with Crippen LogP contribution in [0, 0.1) is 11.7 Å². The lowest BCUT2D eigenvalue weighted by atomic mass is 9.96. The Morgan fingerprint density at radius 2 is 2.12 bits per heavy atom. The highest BCUT2D eigenvalue weighted by Crippen LogP contribution is 2.42. The molecular formula is C17H21FN2O4. The average Bonchev–Trinajstić information content (AvgIpc) is 3.36. The minimum Gasteiger partial charge on any atom is -0.389 e. The van der Waals surface area contributed by atoms with E-state index in [1.165, 1.54) is 6.07 Å². The van der Waals surface area contributed by atoms with Crippen molar-refractivity contribution in [2.45, 2.75) is 38.0 Å². The number of aliphatic hydroxyl groups is 1. The Morgan fingerprint density at radius 3 is 2.79 bits per heavy atom. The highest BCUT2D eigenvalue weighted by atomic mass is 19.1. The molecule has 6 nitrogen and oxygen atoms in total. The molecule has 2 fully saturated rings. The molecule has 0 radical (unpaired) electrons. The maximum absolute atomic E-state index is 13.5. The van der Waals surface area contributed by atoms with E-state index in [1.807, 2.05) is 0 Å². The number of rotatable bonds is 7. The van der Waals surface area contributed by atoms with Crippen LogP contribution in [0.1, 0.15) is 25.3 Å². The molecule has 3 rings (SSSR count). The number of benzene rings is 1. The van der Waals surface area contributed by atoms with Gasteiger partial charge in [0.2, 0.25) is 0 Å². The molecule has 0 bridgehead atoms. The summed E-state index contributed by atoms with van der Waals surface area (Å²) in [5, 5.41) is 12.7. The topological polar surface area (TPSA) is 78.9 Å². The van der Waals surface area contributed by atoms with E-state index in [4.69, 9.17) is 4.74 Å². The summed E-state index contributed by atoms with van der Waals surface area (Å²) in [6.45, 7) is 1.52. The van der Waals surface area contributed by atoms with E-state index in [1.54, 1.807) is 25.1 Å². The van der Waals surface area contributed by atoms with Crippen LogP contribution < -0.4 is 5.32 Å². The minimum atomic E-state index is -1.02. The van der Waals surface area contributed by atoms with Gasteiger partial charge in [-0.15, -0.1) is 0 Å². The number of hydrogen-bond acceptors (Lipinski definition) is 4. The van der Waals surface area contributed by atoms with E-state index in [0.717, 1.165) is 17.7 Å². The lowest BCUT2D eigenvalue weighted by Crippen LogP contribution is -2.46. The molecule has 3 amide bonds. The third kappa shape index (κ3) is 3.27. The second kappa shape index (κ2) is 6.49. The fraction of sp³-hybridized carbons (Fsp3) is 0.529. The number of β-amino-alcohol motifs (C(OH)–C–C–N with tert-alkyl or cyclic N) is 1. The number of halogens is 1. The molecule has 1 heterocycles. The van der Waals surface area contributed by atoms with Crippen molar-refractivity contribution in [3.63, 3.8) is 0 Å². The van der Waals surface area contributed by atoms with Crippen LogP contribution in [0.5, 0.6) is 0 Å². The van der Waals surface area contributed by atoms with Gasteiger partial charge in [0.15, 0.2) is 0 Å². The highest BCUT2D eigenvalue weighted by Gasteiger charge is 2.56. The van der Waals surface area contributed by atoms with Crippen LogP contribution >= 0.6 is 0 Å². The van der Waals surface area contributed by atoms with Crippen LogP contribution in [0.4, 0.5) is 9.18 Å². The van der Waals surface area contributed by atoms with Crippen LogP contribution in [0.3, 0.4) is 0 Å². The molecule has 1 aromatic carbocycles. The molecule has 0 unspecified atom stereocenters. The van der Waals surface area contributed by atoms with Gasteiger partial charge in [-0.1, -0.05) is 18.2 Å². The first kappa shape index (κ1) is 16.9. The Labute approximate surface area is 139 Å². The monoisotopic (exact) mass is 336 g/mol. The van der Waals surface area contributed by atoms with Gasteiger partial charge in [0, 0.05) is 5.56 Å². The standard InChI is InChI=1S/C17H21FN2O4/c1-17(12-6-7-12)15(22)20(16(23)19-17)8-13(21)10-24-9-11-4-2-3-5-14(11)18/h2-5,12-13,21H,6-10H2,1H3,(H,19,23)/t13-,17+/m0/s1. The average molecular weight is 336 g/mol. The first-order chi connectivity index (χ1) is 11.4. The van der Waals surface area contributed by atoms with Gasteiger partial charge in [0.1, 0.15) is 11.4 Å². The summed E-state index contributed by atoms with van der Waals surface area (Å²) in [7, 11) is 0. The number of carbonyl (C=O) groups is 2. The Kier molecular flexibility index (Phi) is 4.56. The van der Waals surface area contributed by atoms with Gasteiger partial charge in [-0.25, -0.2) is 9.18 Å². The van der Waals surface area contributed by atoms with Gasteiger partial charge in [-0.05, 0) is 31.7 Å². The van der Waals surface area contributed by atoms with Crippen LogP contribution in [-0.2, 0) is 16.1 Å². The molecule has 2 atom stereocenters. The van der Waals surface area contributed by atoms with Crippen molar-refractivity contribution < 1.29 is 23.8 Å². The van der Waals surface area contributed by atoms with Crippen molar-refractivity contribution in [2.75, 3.05) is 13.2 Å². The van der Waals surface area contributed by atoms with Crippen molar-refractivity contribution in [2.24, 2.45) is 5.92 Å². The number of aliphatic hydroxyl groups excluding tert-OH is 1. The van der Waals surface area contributed by atoms with Crippen molar-refractivity contribution >= 4 is 11.9 Å². The molecule has 1 saturated carbocycles. The first-order valence-corrected chi connectivity index (χ1v) is 8.05. The fourth-order valence-corrected chi connectivity index (χ4v) is 3.00. The fourth-order valence-electron chi connectivity index (χ4n) is 3.00. The van der Waals surface area contributed by atoms with Crippen molar-refractivity contribution in [3.05, 3.63) is 35.6 Å². The van der Waals surface area contributed by atoms with Crippen LogP contribution in [0.2, 0.25) is 0 Å². The molecule has 2 N–H and O–H groups in total. The number of hydrogen-bond donors (Lipinski definition) is 2. The van der Waals surface area contributed by atoms with Gasteiger partial charge in [-0.2, -0.15) is 0 Å². The summed E-state index contributed by atoms with van der Waals surface area (Å²) in [6.07, 6.45) is 0.822. The van der Waals surface area contributed by atoms with E-state index >= 15 is 0 Å². The number of nitrogens with one attached hydrogen (secondary N) is 1. The third-order valence-electron chi connectivity index (χ3n) is 4.61. The minimum absolute atomic E-state index is 0.0175. The number of ether oxygens (including phenoxy) is 1. The molecule has 0 spiro atoms. The molecule has 1 aliphatic carbocycles. The summed E-state index contributed by atoms with van der Waals surface area (Å²) in [5.74, 6) is -0.502. The van der Waals surface area contributed by atoms with E-state index in [9.17, 15) is 19.1 Å². The zero-order valence-corrected chi connectivity index (χ0v) is 13.5. The third-order valence-corrected chi connectivity index (χ3v) is 4.61. The zero-order chi connectivity index (χ0) is 17.3. The van der Waals surface area contributed by atoms with Gasteiger partial charge in [0.05, 0.1) is 25.9 Å². The normalized spacial score (nSPS) is 25.0. The summed E-state index contributed by atoms with van der Waals surface area (Å²) >= 11 is 0. The Bertz CT molecular complexity index is 649. The van der Waals surface area contributed by atoms with Gasteiger partial charge in [-0.3, -0.25) is 9.69 Å². The lowest BCUT2D eigenvalue weighted by molar-refractivity contribution is -0.132. The summed E-state index contributed by atoms with van der Waals surface area (Å²) in [6, 6.07) is 5.73. The van der Waals surface area contributed by atoms with Crippen molar-refractivity contribution in [1.29, 1.82) is 0 Å². The van der Waals surface area contributed by atoms with Gasteiger partial charge in [0.25, 0.3) is 5.91 Å². The number of imide groups is 1. The van der Waals surface area contributed by atoms with E-state index < -0.39 is 17.7 Å². The van der Waals surface area contributed by atoms with Crippen LogP contribution in [0.15, 0.2) is 24.3 Å². The molecule has 2 aliphatic rings. The molecule has 7 heteroatoms. The van der Waals surface area contributed by atoms with Crippen molar-refractivity contribution in [1.82, 2.24) is 10.2 Å². The highest BCUT2D eigenvalue weighted by molar-refractivity contribution is 6.07. The molecule has 1 aromatic rings. The van der Waals surface area contributed by atoms with Crippen LogP contribution in [0.25, 0.3) is 0 Å². The van der Waals surface area contributed by atoms with E-state index in [-0.39, 0.29) is 37.4 Å². The summed E-state index contributed by atoms with van der Waals surface area (Å²) < 4.78 is 18.8. The molecule has 24 heavy (non-hydrogen) atoms. The Hall–Kier alpha value is -1.99. The predicted molar refractivity (Wildman–Crippen MR) is 83.4 cm³/mol. The second-order valence-electron chi connectivity index (χ2n) is 6.58. The number of urea groups is 1. The van der Waals surface area contributed by atoms with Crippen LogP contribution in [-0.4, -0.2) is 46.7 Å². The summed E-state index contributed by atoms with van der Waals surface area (Å²) in [5.41, 5.74) is -0.467. The maximum Gasteiger partial charge on any atom is 0.325 e. The number of amides is 3. The lowest BCUT2D eigenvalue weighted by Gasteiger charge is -2.22. The predicted octanol–water partition coefficient (Wildman–Crippen LogP) is 1.42. The molecule has 130 valence electrons. The van der Waals surface area contributed by atoms with Crippen molar-refractivity contribution in [3.8, 4) is 0 Å². The van der Waals surface area contributed by atoms with E-state index in [0.29, 0.717) is 5.56 Å². The Morgan fingerprint density at radius 1 is 1.42 bits per heavy atom. The molecule has 1 saturated heterocycles. The first-order valence-electron chi connectivity index (χ1n) is 8.05. The van der Waals surface area contributed by atoms with E-state index in [2.05, 4.69) is 5.32 Å². The van der Waals surface area contributed by atoms with Gasteiger partial charge >= 0.3 is 6.03 Å². The Balaban J connectivity index is 1.50. The summed E-state index contributed by atoms with van der Waals surface area (Å²) in [4.78, 5) is 25.5. The number of carbonyl (C=O) groups excluding carboxylic acids is 2. The largest absolute Gasteiger partial charge is 0.389 e. The maximum atomic E-state index is 13.5. The molecule has 1 aliphatic heterocycles. The smallest absolute Gasteiger partial charge is 0.325 e. The molecular weight excluding hydrogens is 315 g/mol. The second-order valence-corrected chi connectivity index (χ2v) is 6.58. The quantitative estimate of drug-likeness (QED) is 0.738.